The van der Waals surface area contributed by atoms with Gasteiger partial charge >= 0.3 is 0 Å². The van der Waals surface area contributed by atoms with Crippen LogP contribution in [0.3, 0.4) is 0 Å². The van der Waals surface area contributed by atoms with Crippen molar-refractivity contribution in [2.75, 3.05) is 4.90 Å². The lowest BCUT2D eigenvalue weighted by molar-refractivity contribution is 0.669. The van der Waals surface area contributed by atoms with Gasteiger partial charge in [0.2, 0.25) is 0 Å². The number of fused-ring (bicyclic) bond motifs is 8. The van der Waals surface area contributed by atoms with Gasteiger partial charge in [0.25, 0.3) is 0 Å². The second-order valence-electron chi connectivity index (χ2n) is 12.6. The molecule has 230 valence electrons. The van der Waals surface area contributed by atoms with Gasteiger partial charge < -0.3 is 9.32 Å². The summed E-state index contributed by atoms with van der Waals surface area (Å²) in [7, 11) is 0. The Morgan fingerprint density at radius 3 is 1.76 bits per heavy atom. The van der Waals surface area contributed by atoms with Crippen LogP contribution in [-0.4, -0.2) is 0 Å². The van der Waals surface area contributed by atoms with Gasteiger partial charge in [-0.2, -0.15) is 0 Å². The number of furan rings is 1. The number of nitrogens with zero attached hydrogens (tertiary/aromatic N) is 1. The van der Waals surface area contributed by atoms with E-state index in [1.54, 1.807) is 0 Å². The van der Waals surface area contributed by atoms with Gasteiger partial charge in [-0.1, -0.05) is 115 Å². The monoisotopic (exact) mass is 643 g/mol. The van der Waals surface area contributed by atoms with Crippen molar-refractivity contribution in [1.29, 1.82) is 0 Å². The summed E-state index contributed by atoms with van der Waals surface area (Å²) >= 11 is 1.84. The van der Waals surface area contributed by atoms with Gasteiger partial charge in [-0.25, -0.2) is 0 Å². The first-order valence-corrected chi connectivity index (χ1v) is 17.4. The van der Waals surface area contributed by atoms with Gasteiger partial charge in [0.05, 0.1) is 0 Å². The first-order chi connectivity index (χ1) is 24.3. The fourth-order valence-electron chi connectivity index (χ4n) is 7.27. The van der Waals surface area contributed by atoms with Crippen molar-refractivity contribution in [2.45, 2.75) is 0 Å². The molecule has 3 heteroatoms. The molecule has 2 heterocycles. The molecule has 10 aromatic rings. The summed E-state index contributed by atoms with van der Waals surface area (Å²) in [6, 6.07) is 63.2. The zero-order chi connectivity index (χ0) is 32.3. The molecule has 0 spiro atoms. The van der Waals surface area contributed by atoms with Crippen LogP contribution in [0.2, 0.25) is 0 Å². The average Bonchev–Trinajstić information content (AvgIpc) is 3.74. The van der Waals surface area contributed by atoms with Gasteiger partial charge in [0.1, 0.15) is 11.2 Å². The number of anilines is 3. The molecule has 10 rings (SSSR count). The molecule has 0 radical (unpaired) electrons. The Balaban J connectivity index is 1.14. The van der Waals surface area contributed by atoms with Gasteiger partial charge in [-0.15, -0.1) is 11.3 Å². The normalized spacial score (nSPS) is 11.7. The summed E-state index contributed by atoms with van der Waals surface area (Å²) in [5, 5.41) is 7.28. The van der Waals surface area contributed by atoms with E-state index in [4.69, 9.17) is 4.42 Å². The van der Waals surface area contributed by atoms with Crippen molar-refractivity contribution in [3.63, 3.8) is 0 Å². The minimum atomic E-state index is 0.874. The van der Waals surface area contributed by atoms with Crippen LogP contribution in [0, 0.1) is 0 Å². The maximum atomic E-state index is 6.63. The largest absolute Gasteiger partial charge is 0.456 e. The second-order valence-corrected chi connectivity index (χ2v) is 13.6. The number of hydrogen-bond acceptors (Lipinski definition) is 3. The molecule has 0 aliphatic heterocycles. The van der Waals surface area contributed by atoms with Crippen LogP contribution in [-0.2, 0) is 0 Å². The van der Waals surface area contributed by atoms with Crippen molar-refractivity contribution in [3.05, 3.63) is 176 Å². The molecular weight excluding hydrogens is 615 g/mol. The molecule has 2 aromatic heterocycles. The van der Waals surface area contributed by atoms with Crippen LogP contribution in [0.15, 0.2) is 180 Å². The summed E-state index contributed by atoms with van der Waals surface area (Å²) in [6.07, 6.45) is 0. The zero-order valence-corrected chi connectivity index (χ0v) is 27.3. The third-order valence-electron chi connectivity index (χ3n) is 9.66. The molecule has 0 amide bonds. The van der Waals surface area contributed by atoms with Gasteiger partial charge in [0.15, 0.2) is 0 Å². The van der Waals surface area contributed by atoms with E-state index in [0.717, 1.165) is 39.0 Å². The first kappa shape index (κ1) is 27.9. The lowest BCUT2D eigenvalue weighted by Crippen LogP contribution is -2.09. The SMILES string of the molecule is c1ccc(-c2ccc(N(c3ccc4c(c3)oc3ccc5ccc(-c6ccccc6)cc5c34)c3ccc4c(c3)sc3ccccc34)cc2)cc1. The molecule has 0 fully saturated rings. The third-order valence-corrected chi connectivity index (χ3v) is 10.8. The average molecular weight is 644 g/mol. The van der Waals surface area contributed by atoms with E-state index in [9.17, 15) is 0 Å². The first-order valence-electron chi connectivity index (χ1n) is 16.6. The van der Waals surface area contributed by atoms with Crippen molar-refractivity contribution in [3.8, 4) is 22.3 Å². The van der Waals surface area contributed by atoms with Crippen molar-refractivity contribution >= 4 is 81.3 Å². The Hall–Kier alpha value is -6.16. The van der Waals surface area contributed by atoms with Crippen LogP contribution < -0.4 is 4.90 Å². The number of thiophene rings is 1. The summed E-state index contributed by atoms with van der Waals surface area (Å²) in [4.78, 5) is 2.34. The Labute approximate surface area is 287 Å². The van der Waals surface area contributed by atoms with Gasteiger partial charge in [0, 0.05) is 54.1 Å². The maximum absolute atomic E-state index is 6.63. The molecule has 8 aromatic carbocycles. The van der Waals surface area contributed by atoms with Gasteiger partial charge in [-0.05, 0) is 87.6 Å². The van der Waals surface area contributed by atoms with E-state index in [0.29, 0.717) is 0 Å². The van der Waals surface area contributed by atoms with Crippen molar-refractivity contribution in [2.24, 2.45) is 0 Å². The van der Waals surface area contributed by atoms with E-state index in [2.05, 4.69) is 181 Å². The molecule has 0 aliphatic carbocycles. The van der Waals surface area contributed by atoms with E-state index in [1.165, 1.54) is 53.2 Å². The maximum Gasteiger partial charge on any atom is 0.137 e. The molecular formula is C46H29NOS. The highest BCUT2D eigenvalue weighted by atomic mass is 32.1. The highest BCUT2D eigenvalue weighted by molar-refractivity contribution is 7.25. The molecule has 0 bridgehead atoms. The fourth-order valence-corrected chi connectivity index (χ4v) is 8.41. The molecule has 0 unspecified atom stereocenters. The molecule has 0 aliphatic rings. The van der Waals surface area contributed by atoms with Crippen LogP contribution in [0.5, 0.6) is 0 Å². The number of rotatable bonds is 5. The lowest BCUT2D eigenvalue weighted by Gasteiger charge is -2.26. The third kappa shape index (κ3) is 4.70. The predicted octanol–water partition coefficient (Wildman–Crippen LogP) is 13.9. The quantitative estimate of drug-likeness (QED) is 0.186. The Bertz CT molecular complexity index is 2810. The number of hydrogen-bond donors (Lipinski definition) is 0. The van der Waals surface area contributed by atoms with E-state index < -0.39 is 0 Å². The lowest BCUT2D eigenvalue weighted by atomic mass is 9.98. The minimum absolute atomic E-state index is 0.874. The Kier molecular flexibility index (Phi) is 6.39. The fraction of sp³-hybridized carbons (Fsp3) is 0. The molecule has 0 saturated heterocycles. The summed E-state index contributed by atoms with van der Waals surface area (Å²) < 4.78 is 9.21. The highest BCUT2D eigenvalue weighted by Gasteiger charge is 2.18. The molecule has 2 nitrogen and oxygen atoms in total. The van der Waals surface area contributed by atoms with E-state index in [1.807, 2.05) is 11.3 Å². The van der Waals surface area contributed by atoms with Crippen LogP contribution in [0.4, 0.5) is 17.1 Å². The van der Waals surface area contributed by atoms with E-state index in [-0.39, 0.29) is 0 Å². The topological polar surface area (TPSA) is 16.4 Å². The van der Waals surface area contributed by atoms with Crippen LogP contribution in [0.1, 0.15) is 0 Å². The smallest absolute Gasteiger partial charge is 0.137 e. The highest BCUT2D eigenvalue weighted by Crippen LogP contribution is 2.43. The van der Waals surface area contributed by atoms with E-state index >= 15 is 0 Å². The standard InChI is InChI=1S/C46H29NOS/c1-3-9-30(10-4-1)32-17-20-35(21-18-32)47(37-22-24-39-38-13-7-8-14-44(38)49-45(39)29-37)36-23-25-40-43(28-36)48-42-26-19-33-15-16-34(27-41(33)46(40)42)31-11-5-2-6-12-31/h1-29H. The Morgan fingerprint density at radius 2 is 0.959 bits per heavy atom. The molecule has 0 atom stereocenters. The molecule has 49 heavy (non-hydrogen) atoms. The van der Waals surface area contributed by atoms with Crippen molar-refractivity contribution < 1.29 is 4.42 Å². The zero-order valence-electron chi connectivity index (χ0n) is 26.5. The summed E-state index contributed by atoms with van der Waals surface area (Å²) in [6.45, 7) is 0. The molecule has 0 saturated carbocycles. The predicted molar refractivity (Wildman–Crippen MR) is 210 cm³/mol. The van der Waals surface area contributed by atoms with Crippen molar-refractivity contribution in [1.82, 2.24) is 0 Å². The van der Waals surface area contributed by atoms with Crippen LogP contribution >= 0.6 is 11.3 Å². The van der Waals surface area contributed by atoms with Gasteiger partial charge in [-0.3, -0.25) is 0 Å². The second kappa shape index (κ2) is 11.2. The summed E-state index contributed by atoms with van der Waals surface area (Å²) in [5.41, 5.74) is 9.84. The summed E-state index contributed by atoms with van der Waals surface area (Å²) in [5.74, 6) is 0. The molecule has 0 N–H and O–H groups in total. The number of benzene rings is 8. The minimum Gasteiger partial charge on any atom is -0.456 e. The Morgan fingerprint density at radius 1 is 0.367 bits per heavy atom. The van der Waals surface area contributed by atoms with Crippen LogP contribution in [0.25, 0.3) is 75.1 Å².